The summed E-state index contributed by atoms with van der Waals surface area (Å²) in [5.41, 5.74) is 2.23. The van der Waals surface area contributed by atoms with Crippen molar-refractivity contribution in [1.29, 1.82) is 0 Å². The average molecular weight is 269 g/mol. The molecule has 1 aromatic heterocycles. The highest BCUT2D eigenvalue weighted by Gasteiger charge is 2.24. The Kier molecular flexibility index (Phi) is 4.16. The molecule has 3 heteroatoms. The SMILES string of the molecule is CCC(CC1CC1)NCc1ccn(-c2ccccc2)n1. The second-order valence-electron chi connectivity index (χ2n) is 5.75. The number of aromatic nitrogens is 2. The number of hydrogen-bond donors (Lipinski definition) is 1. The van der Waals surface area contributed by atoms with Crippen LogP contribution < -0.4 is 5.32 Å². The molecule has 0 spiro atoms. The number of nitrogens with one attached hydrogen (secondary N) is 1. The van der Waals surface area contributed by atoms with Crippen molar-refractivity contribution < 1.29 is 0 Å². The van der Waals surface area contributed by atoms with E-state index in [2.05, 4.69) is 35.5 Å². The minimum Gasteiger partial charge on any atom is -0.308 e. The highest BCUT2D eigenvalue weighted by molar-refractivity contribution is 5.30. The summed E-state index contributed by atoms with van der Waals surface area (Å²) >= 11 is 0. The smallest absolute Gasteiger partial charge is 0.0766 e. The molecule has 0 aliphatic heterocycles. The zero-order valence-corrected chi connectivity index (χ0v) is 12.1. The van der Waals surface area contributed by atoms with E-state index in [4.69, 9.17) is 0 Å². The molecule has 1 saturated carbocycles. The normalized spacial score (nSPS) is 16.2. The second-order valence-corrected chi connectivity index (χ2v) is 5.75. The molecular formula is C17H23N3. The van der Waals surface area contributed by atoms with E-state index >= 15 is 0 Å². The number of rotatable bonds is 7. The zero-order chi connectivity index (χ0) is 13.8. The third-order valence-electron chi connectivity index (χ3n) is 4.04. The molecule has 1 heterocycles. The summed E-state index contributed by atoms with van der Waals surface area (Å²) in [7, 11) is 0. The molecule has 1 aromatic carbocycles. The Morgan fingerprint density at radius 1 is 1.25 bits per heavy atom. The maximum absolute atomic E-state index is 4.64. The van der Waals surface area contributed by atoms with Crippen LogP contribution in [0.3, 0.4) is 0 Å². The van der Waals surface area contributed by atoms with Crippen LogP contribution in [0.15, 0.2) is 42.6 Å². The van der Waals surface area contributed by atoms with E-state index in [-0.39, 0.29) is 0 Å². The summed E-state index contributed by atoms with van der Waals surface area (Å²) in [6.07, 6.45) is 7.43. The van der Waals surface area contributed by atoms with Crippen LogP contribution >= 0.6 is 0 Å². The third kappa shape index (κ3) is 3.48. The molecule has 2 aromatic rings. The van der Waals surface area contributed by atoms with Gasteiger partial charge in [-0.1, -0.05) is 38.0 Å². The molecule has 3 rings (SSSR count). The van der Waals surface area contributed by atoms with E-state index in [9.17, 15) is 0 Å². The fourth-order valence-electron chi connectivity index (χ4n) is 2.58. The van der Waals surface area contributed by atoms with Crippen LogP contribution in [-0.2, 0) is 6.54 Å². The van der Waals surface area contributed by atoms with Crippen molar-refractivity contribution in [3.8, 4) is 5.69 Å². The van der Waals surface area contributed by atoms with Crippen LogP contribution in [-0.4, -0.2) is 15.8 Å². The summed E-state index contributed by atoms with van der Waals surface area (Å²) in [6.45, 7) is 3.13. The van der Waals surface area contributed by atoms with E-state index in [1.54, 1.807) is 0 Å². The van der Waals surface area contributed by atoms with E-state index in [1.807, 2.05) is 29.1 Å². The van der Waals surface area contributed by atoms with E-state index in [0.29, 0.717) is 6.04 Å². The van der Waals surface area contributed by atoms with E-state index < -0.39 is 0 Å². The second kappa shape index (κ2) is 6.23. The molecule has 1 unspecified atom stereocenters. The van der Waals surface area contributed by atoms with Gasteiger partial charge in [-0.15, -0.1) is 0 Å². The van der Waals surface area contributed by atoms with Crippen LogP contribution in [0.1, 0.15) is 38.3 Å². The van der Waals surface area contributed by atoms with Crippen LogP contribution in [0, 0.1) is 5.92 Å². The molecule has 1 aliphatic rings. The minimum atomic E-state index is 0.643. The Balaban J connectivity index is 1.56. The van der Waals surface area contributed by atoms with Crippen molar-refractivity contribution in [1.82, 2.24) is 15.1 Å². The van der Waals surface area contributed by atoms with Gasteiger partial charge >= 0.3 is 0 Å². The monoisotopic (exact) mass is 269 g/mol. The highest BCUT2D eigenvalue weighted by atomic mass is 15.3. The van der Waals surface area contributed by atoms with Crippen LogP contribution in [0.25, 0.3) is 5.69 Å². The van der Waals surface area contributed by atoms with Crippen molar-refractivity contribution in [3.63, 3.8) is 0 Å². The lowest BCUT2D eigenvalue weighted by Gasteiger charge is -2.15. The molecule has 1 aliphatic carbocycles. The summed E-state index contributed by atoms with van der Waals surface area (Å²) < 4.78 is 1.94. The Morgan fingerprint density at radius 2 is 2.05 bits per heavy atom. The fourth-order valence-corrected chi connectivity index (χ4v) is 2.58. The van der Waals surface area contributed by atoms with Gasteiger partial charge in [-0.3, -0.25) is 0 Å². The third-order valence-corrected chi connectivity index (χ3v) is 4.04. The summed E-state index contributed by atoms with van der Waals surface area (Å²) in [5, 5.41) is 8.28. The number of hydrogen-bond acceptors (Lipinski definition) is 2. The summed E-state index contributed by atoms with van der Waals surface area (Å²) in [5.74, 6) is 0.981. The Bertz CT molecular complexity index is 528. The number of benzene rings is 1. The predicted molar refractivity (Wildman–Crippen MR) is 81.8 cm³/mol. The zero-order valence-electron chi connectivity index (χ0n) is 12.1. The van der Waals surface area contributed by atoms with Gasteiger partial charge in [0.15, 0.2) is 0 Å². The molecule has 1 atom stereocenters. The largest absolute Gasteiger partial charge is 0.308 e. The molecule has 3 nitrogen and oxygen atoms in total. The van der Waals surface area contributed by atoms with E-state index in [0.717, 1.165) is 23.8 Å². The topological polar surface area (TPSA) is 29.9 Å². The first-order valence-corrected chi connectivity index (χ1v) is 7.68. The Hall–Kier alpha value is -1.61. The number of nitrogens with zero attached hydrogens (tertiary/aromatic N) is 2. The lowest BCUT2D eigenvalue weighted by molar-refractivity contribution is 0.441. The molecule has 106 valence electrons. The van der Waals surface area contributed by atoms with Crippen molar-refractivity contribution in [2.45, 2.75) is 45.2 Å². The number of para-hydroxylation sites is 1. The molecule has 0 saturated heterocycles. The lowest BCUT2D eigenvalue weighted by Crippen LogP contribution is -2.28. The minimum absolute atomic E-state index is 0.643. The van der Waals surface area contributed by atoms with Crippen molar-refractivity contribution in [3.05, 3.63) is 48.3 Å². The molecule has 1 N–H and O–H groups in total. The van der Waals surface area contributed by atoms with Gasteiger partial charge in [-0.2, -0.15) is 5.10 Å². The first-order chi connectivity index (χ1) is 9.85. The molecule has 0 radical (unpaired) electrons. The summed E-state index contributed by atoms with van der Waals surface area (Å²) in [4.78, 5) is 0. The first-order valence-electron chi connectivity index (χ1n) is 7.68. The highest BCUT2D eigenvalue weighted by Crippen LogP contribution is 2.34. The van der Waals surface area contributed by atoms with Gasteiger partial charge in [0.05, 0.1) is 11.4 Å². The van der Waals surface area contributed by atoms with Crippen molar-refractivity contribution in [2.24, 2.45) is 5.92 Å². The van der Waals surface area contributed by atoms with Gasteiger partial charge in [0, 0.05) is 18.8 Å². The van der Waals surface area contributed by atoms with Crippen molar-refractivity contribution >= 4 is 0 Å². The quantitative estimate of drug-likeness (QED) is 0.833. The fraction of sp³-hybridized carbons (Fsp3) is 0.471. The van der Waals surface area contributed by atoms with Gasteiger partial charge < -0.3 is 5.32 Å². The first kappa shape index (κ1) is 13.4. The Morgan fingerprint density at radius 3 is 2.75 bits per heavy atom. The van der Waals surface area contributed by atoms with Crippen LogP contribution in [0.2, 0.25) is 0 Å². The van der Waals surface area contributed by atoms with Crippen molar-refractivity contribution in [2.75, 3.05) is 0 Å². The molecule has 20 heavy (non-hydrogen) atoms. The average Bonchev–Trinajstić information content (AvgIpc) is 3.19. The molecular weight excluding hydrogens is 246 g/mol. The lowest BCUT2D eigenvalue weighted by atomic mass is 10.1. The Labute approximate surface area is 121 Å². The predicted octanol–water partition coefficient (Wildman–Crippen LogP) is 3.54. The maximum Gasteiger partial charge on any atom is 0.0766 e. The molecule has 0 amide bonds. The van der Waals surface area contributed by atoms with Crippen LogP contribution in [0.4, 0.5) is 0 Å². The standard InChI is InChI=1S/C17H23N3/c1-2-15(12-14-8-9-14)18-13-16-10-11-20(19-16)17-6-4-3-5-7-17/h3-7,10-11,14-15,18H,2,8-9,12-13H2,1H3. The summed E-state index contributed by atoms with van der Waals surface area (Å²) in [6, 6.07) is 13.0. The van der Waals surface area contributed by atoms with Gasteiger partial charge in [-0.25, -0.2) is 4.68 Å². The molecule has 0 bridgehead atoms. The maximum atomic E-state index is 4.64. The van der Waals surface area contributed by atoms with Gasteiger partial charge in [-0.05, 0) is 37.0 Å². The van der Waals surface area contributed by atoms with Gasteiger partial charge in [0.25, 0.3) is 0 Å². The van der Waals surface area contributed by atoms with Crippen LogP contribution in [0.5, 0.6) is 0 Å². The molecule has 1 fully saturated rings. The van der Waals surface area contributed by atoms with Gasteiger partial charge in [0.1, 0.15) is 0 Å². The van der Waals surface area contributed by atoms with E-state index in [1.165, 1.54) is 25.7 Å². The van der Waals surface area contributed by atoms with Gasteiger partial charge in [0.2, 0.25) is 0 Å².